The molecule has 1 saturated heterocycles. The van der Waals surface area contributed by atoms with Gasteiger partial charge < -0.3 is 111 Å². The first-order valence-electron chi connectivity index (χ1n) is 36.7. The maximum absolute atomic E-state index is 14.8. The van der Waals surface area contributed by atoms with Gasteiger partial charge in [0.2, 0.25) is 70.9 Å². The minimum Gasteiger partial charge on any atom is -0.481 e. The number of aromatic amines is 3. The van der Waals surface area contributed by atoms with Gasteiger partial charge in [0.25, 0.3) is 0 Å². The molecule has 0 saturated carbocycles. The molecule has 109 heavy (non-hydrogen) atoms. The van der Waals surface area contributed by atoms with E-state index in [0.29, 0.717) is 66.4 Å². The highest BCUT2D eigenvalue weighted by molar-refractivity contribution is 6.00. The number of hydrogen-bond donors (Lipinski definition) is 20. The fourth-order valence-electron chi connectivity index (χ4n) is 12.5. The molecule has 37 heteroatoms. The average Bonchev–Trinajstić information content (AvgIpc) is 1.71. The number of unbranched alkanes of at least 4 members (excludes halogenated alkanes) is 2. The zero-order chi connectivity index (χ0) is 79.7. The number of aromatic nitrogens is 5. The highest BCUT2D eigenvalue weighted by Gasteiger charge is 2.41. The van der Waals surface area contributed by atoms with Gasteiger partial charge in [-0.05, 0) is 120 Å². The van der Waals surface area contributed by atoms with Crippen LogP contribution in [0.25, 0.3) is 10.9 Å². The van der Waals surface area contributed by atoms with Gasteiger partial charge in [0.1, 0.15) is 60.4 Å². The summed E-state index contributed by atoms with van der Waals surface area (Å²) in [4.78, 5) is 211. The van der Waals surface area contributed by atoms with Crippen LogP contribution in [0, 0.1) is 11.8 Å². The number of nitrogens with one attached hydrogen (secondary N) is 14. The summed E-state index contributed by atoms with van der Waals surface area (Å²) >= 11 is 0. The van der Waals surface area contributed by atoms with E-state index in [1.54, 1.807) is 70.3 Å². The summed E-state index contributed by atoms with van der Waals surface area (Å²) in [6, 6.07) is -8.16. The van der Waals surface area contributed by atoms with Crippen molar-refractivity contribution in [3.63, 3.8) is 0 Å². The van der Waals surface area contributed by atoms with E-state index in [0.717, 1.165) is 10.5 Å². The Labute approximate surface area is 630 Å². The second kappa shape index (κ2) is 44.4. The van der Waals surface area contributed by atoms with Crippen molar-refractivity contribution < 1.29 is 82.4 Å². The van der Waals surface area contributed by atoms with Gasteiger partial charge in [0, 0.05) is 66.7 Å². The highest BCUT2D eigenvalue weighted by Crippen LogP contribution is 2.23. The Balaban J connectivity index is 1.13. The number of H-pyrrole nitrogens is 3. The van der Waals surface area contributed by atoms with E-state index in [1.807, 2.05) is 6.08 Å². The smallest absolute Gasteiger partial charge is 0.326 e. The number of fused-ring (bicyclic) bond motifs is 1. The molecule has 1 aliphatic carbocycles. The molecule has 1 aromatic carbocycles. The van der Waals surface area contributed by atoms with Crippen LogP contribution in [0.3, 0.4) is 0 Å². The van der Waals surface area contributed by atoms with E-state index in [2.05, 4.69) is 83.4 Å². The van der Waals surface area contributed by atoms with E-state index in [9.17, 15) is 82.4 Å². The number of amides is 12. The Morgan fingerprint density at radius 3 is 1.63 bits per heavy atom. The predicted octanol–water partition coefficient (Wildman–Crippen LogP) is -2.88. The summed E-state index contributed by atoms with van der Waals surface area (Å²) in [6.45, 7) is 5.21. The number of para-hydroxylation sites is 1. The van der Waals surface area contributed by atoms with Crippen molar-refractivity contribution in [3.05, 3.63) is 96.3 Å². The number of carbonyl (C=O) groups is 14. The van der Waals surface area contributed by atoms with Crippen LogP contribution in [0.15, 0.2) is 79.3 Å². The van der Waals surface area contributed by atoms with E-state index in [-0.39, 0.29) is 95.7 Å². The number of carboxylic acid groups (broad SMARTS) is 2. The van der Waals surface area contributed by atoms with Gasteiger partial charge in [-0.25, -0.2) is 14.8 Å². The molecule has 0 radical (unpaired) electrons. The molecular formula is C72H106N20O17. The standard InChI is InChI=1S/C72H106N20O17/c1-40(2)25-51(63(99)80-36-60(95)84-55(30-45-34-77-39-82-45)71(107)92-24-14-21-58(92)70(106)89-54(31-61(96)97)68(104)85-50(20-11-13-23-74)66(102)90-56(72(108)109)27-42-15-6-5-7-16-42)86-67(103)53(28-43-32-78-48-18-9-8-17-46(43)48)88-65(101)49(19-10-12-22-73)83-59(94)35-79-64(100)52(26-41(3)4)87-69(105)57(37-93)91-62(98)47(75)29-44-33-76-38-81-44/h5-6,8-9,15,17-18,32-34,38-41,47,49-58,78,93H,7,10-14,16,19-31,35-37,73-75H2,1-4H3,(H,76,81)(H,77,82)(H,79,100)(H,80,99)(H,83,94)(H,84,95)(H,85,104)(H,86,103)(H,87,105)(H,88,101)(H,89,106)(H,90,102)(H,91,98)(H,96,97)(H,108,109)/t47-,49-,50-,51-,52-,53-,54-,55-,56-,57-,58-/m0/s1. The summed E-state index contributed by atoms with van der Waals surface area (Å²) in [5.41, 5.74) is 20.5. The number of carboxylic acids is 2. The highest BCUT2D eigenvalue weighted by atomic mass is 16.4. The third-order valence-corrected chi connectivity index (χ3v) is 18.2. The predicted molar refractivity (Wildman–Crippen MR) is 395 cm³/mol. The summed E-state index contributed by atoms with van der Waals surface area (Å²) < 4.78 is 0. The van der Waals surface area contributed by atoms with Gasteiger partial charge >= 0.3 is 11.9 Å². The molecule has 37 nitrogen and oxygen atoms in total. The molecule has 1 aliphatic heterocycles. The number of aliphatic hydroxyl groups excluding tert-OH is 1. The number of imidazole rings is 2. The van der Waals surface area contributed by atoms with Crippen molar-refractivity contribution in [3.8, 4) is 0 Å². The van der Waals surface area contributed by atoms with Crippen LogP contribution in [0.2, 0.25) is 0 Å². The third kappa shape index (κ3) is 28.6. The molecule has 4 heterocycles. The Kier molecular flexibility index (Phi) is 35.4. The molecule has 3 aromatic heterocycles. The maximum Gasteiger partial charge on any atom is 0.326 e. The number of nitrogens with zero attached hydrogens (tertiary/aromatic N) is 3. The van der Waals surface area contributed by atoms with Crippen molar-refractivity contribution >= 4 is 93.7 Å². The van der Waals surface area contributed by atoms with Gasteiger partial charge in [-0.15, -0.1) is 0 Å². The fraction of sp³-hybridized carbons (Fsp3) is 0.556. The molecule has 4 aromatic rings. The van der Waals surface area contributed by atoms with Crippen LogP contribution in [0.1, 0.15) is 135 Å². The number of hydrogen-bond acceptors (Lipinski definition) is 20. The van der Waals surface area contributed by atoms with Crippen molar-refractivity contribution in [2.75, 3.05) is 39.3 Å². The first-order chi connectivity index (χ1) is 52.1. The van der Waals surface area contributed by atoms with Gasteiger partial charge in [0.05, 0.1) is 44.8 Å². The van der Waals surface area contributed by atoms with E-state index in [1.165, 1.54) is 25.0 Å². The second-order valence-electron chi connectivity index (χ2n) is 28.0. The monoisotopic (exact) mass is 1520 g/mol. The number of carbonyl (C=O) groups excluding carboxylic acids is 12. The number of allylic oxidation sites excluding steroid dienone is 3. The lowest BCUT2D eigenvalue weighted by Gasteiger charge is -2.30. The molecule has 2 aliphatic rings. The van der Waals surface area contributed by atoms with E-state index in [4.69, 9.17) is 17.2 Å². The minimum absolute atomic E-state index is 0.00197. The molecule has 0 spiro atoms. The Bertz CT molecular complexity index is 3800. The van der Waals surface area contributed by atoms with Crippen molar-refractivity contribution in [1.82, 2.24) is 88.3 Å². The number of aliphatic hydroxyl groups is 1. The molecule has 6 rings (SSSR count). The molecule has 1 fully saturated rings. The summed E-state index contributed by atoms with van der Waals surface area (Å²) in [7, 11) is 0. The summed E-state index contributed by atoms with van der Waals surface area (Å²) in [5, 5.41) is 58.9. The Hall–Kier alpha value is -10.9. The Morgan fingerprint density at radius 1 is 0.569 bits per heavy atom. The SMILES string of the molecule is CC(C)C[C@H](NC(=O)[C@H](Cc1c[nH]c2ccccc12)NC(=O)[C@H](CCCCN)NC(=O)CNC(=O)[C@H](CC(C)C)NC(=O)[C@H](CO)NC(=O)[C@@H](N)Cc1cnc[nH]1)C(=O)NCC(=O)N[C@@H](Cc1cnc[nH]1)C(=O)N1CCC[C@H]1C(=O)N[C@@H](CC(=O)O)C(=O)N[C@@H](CCCCN)C(=O)N[C@@H](CC1=CC=CCC1)C(=O)O. The van der Waals surface area contributed by atoms with Gasteiger partial charge in [-0.2, -0.15) is 0 Å². The van der Waals surface area contributed by atoms with Crippen molar-refractivity contribution in [1.29, 1.82) is 0 Å². The molecule has 0 bridgehead atoms. The zero-order valence-corrected chi connectivity index (χ0v) is 61.8. The minimum atomic E-state index is -1.80. The van der Waals surface area contributed by atoms with Gasteiger partial charge in [0.15, 0.2) is 0 Å². The van der Waals surface area contributed by atoms with E-state index >= 15 is 0 Å². The topological polar surface area (TPSA) is 586 Å². The zero-order valence-electron chi connectivity index (χ0n) is 61.8. The first kappa shape index (κ1) is 87.0. The lowest BCUT2D eigenvalue weighted by Crippen LogP contribution is -2.59. The number of aliphatic carboxylic acids is 2. The molecule has 12 amide bonds. The van der Waals surface area contributed by atoms with Crippen LogP contribution >= 0.6 is 0 Å². The van der Waals surface area contributed by atoms with Crippen LogP contribution in [0.4, 0.5) is 0 Å². The fourth-order valence-corrected chi connectivity index (χ4v) is 12.5. The largest absolute Gasteiger partial charge is 0.481 e. The molecule has 11 atom stereocenters. The summed E-state index contributed by atoms with van der Waals surface area (Å²) in [6.07, 6.45) is 14.4. The maximum atomic E-state index is 14.8. The molecule has 23 N–H and O–H groups in total. The average molecular weight is 1520 g/mol. The number of nitrogens with two attached hydrogens (primary N) is 3. The first-order valence-corrected chi connectivity index (χ1v) is 36.7. The third-order valence-electron chi connectivity index (χ3n) is 18.2. The summed E-state index contributed by atoms with van der Waals surface area (Å²) in [5.74, 6) is -13.7. The van der Waals surface area contributed by atoms with Crippen LogP contribution in [-0.2, 0) is 86.4 Å². The number of benzene rings is 1. The van der Waals surface area contributed by atoms with Crippen LogP contribution < -0.4 is 75.7 Å². The number of rotatable bonds is 47. The molecular weight excluding hydrogens is 1420 g/mol. The van der Waals surface area contributed by atoms with E-state index < -0.39 is 175 Å². The lowest BCUT2D eigenvalue weighted by molar-refractivity contribution is -0.144. The van der Waals surface area contributed by atoms with Gasteiger partial charge in [-0.3, -0.25) is 62.3 Å². The number of likely N-dealkylation sites (tertiary alicyclic amines) is 1. The lowest BCUT2D eigenvalue weighted by atomic mass is 9.97. The van der Waals surface area contributed by atoms with Crippen LogP contribution in [0.5, 0.6) is 0 Å². The van der Waals surface area contributed by atoms with Crippen LogP contribution in [-0.4, -0.2) is 234 Å². The van der Waals surface area contributed by atoms with Crippen molar-refractivity contribution in [2.24, 2.45) is 29.0 Å². The van der Waals surface area contributed by atoms with Crippen molar-refractivity contribution in [2.45, 2.75) is 203 Å². The van der Waals surface area contributed by atoms with Gasteiger partial charge in [-0.1, -0.05) is 69.7 Å². The second-order valence-corrected chi connectivity index (χ2v) is 28.0. The quantitative estimate of drug-likeness (QED) is 0.0198. The molecule has 596 valence electrons. The molecule has 0 unspecified atom stereocenters. The normalized spacial score (nSPS) is 16.1. The Morgan fingerprint density at radius 2 is 1.09 bits per heavy atom.